The first-order chi connectivity index (χ1) is 8.84. The van der Waals surface area contributed by atoms with Crippen LogP contribution in [0.2, 0.25) is 0 Å². The molecule has 1 N–H and O–H groups in total. The van der Waals surface area contributed by atoms with Crippen LogP contribution in [0.15, 0.2) is 54.6 Å². The van der Waals surface area contributed by atoms with Crippen molar-refractivity contribution in [2.75, 3.05) is 0 Å². The molecule has 19 heavy (non-hydrogen) atoms. The standard InChI is InChI=1S/C10H10O3.C4H6O2/c1-8(2)10(11)13-12-9-6-4-3-5-7-9;1-3(2)4(5)6/h3-7H,1H2,2H3;1H2,2H3,(H,5,6). The van der Waals surface area contributed by atoms with Crippen molar-refractivity contribution in [3.05, 3.63) is 54.6 Å². The summed E-state index contributed by atoms with van der Waals surface area (Å²) in [5.41, 5.74) is 0.478. The normalized spacial score (nSPS) is 8.53. The van der Waals surface area contributed by atoms with Crippen molar-refractivity contribution in [3.8, 4) is 5.75 Å². The Kier molecular flexibility index (Phi) is 7.37. The second kappa shape index (κ2) is 8.52. The number of benzene rings is 1. The Morgan fingerprint density at radius 3 is 1.89 bits per heavy atom. The lowest BCUT2D eigenvalue weighted by molar-refractivity contribution is -0.208. The zero-order chi connectivity index (χ0) is 14.8. The Morgan fingerprint density at radius 1 is 1.05 bits per heavy atom. The molecule has 0 unspecified atom stereocenters. The van der Waals surface area contributed by atoms with E-state index in [-0.39, 0.29) is 5.57 Å². The third-order valence-electron chi connectivity index (χ3n) is 1.67. The number of hydrogen-bond donors (Lipinski definition) is 1. The number of carbonyl (C=O) groups is 2. The third kappa shape index (κ3) is 8.20. The lowest BCUT2D eigenvalue weighted by atomic mass is 10.3. The number of rotatable bonds is 4. The van der Waals surface area contributed by atoms with E-state index in [4.69, 9.17) is 9.99 Å². The van der Waals surface area contributed by atoms with Crippen LogP contribution in [-0.2, 0) is 14.5 Å². The van der Waals surface area contributed by atoms with E-state index in [1.807, 2.05) is 6.07 Å². The van der Waals surface area contributed by atoms with Crippen LogP contribution >= 0.6 is 0 Å². The molecule has 5 heteroatoms. The second-order valence-electron chi connectivity index (χ2n) is 3.63. The zero-order valence-electron chi connectivity index (χ0n) is 10.9. The molecule has 0 aliphatic carbocycles. The molecule has 0 bridgehead atoms. The van der Waals surface area contributed by atoms with Crippen LogP contribution in [-0.4, -0.2) is 17.0 Å². The molecule has 0 aliphatic rings. The van der Waals surface area contributed by atoms with Gasteiger partial charge in [0.25, 0.3) is 0 Å². The summed E-state index contributed by atoms with van der Waals surface area (Å²) in [5, 5.41) is 7.89. The predicted octanol–water partition coefficient (Wildman–Crippen LogP) is 2.75. The van der Waals surface area contributed by atoms with E-state index < -0.39 is 11.9 Å². The summed E-state index contributed by atoms with van der Waals surface area (Å²) in [6.45, 7) is 9.57. The first-order valence-electron chi connectivity index (χ1n) is 5.32. The van der Waals surface area contributed by atoms with Gasteiger partial charge in [0.2, 0.25) is 0 Å². The van der Waals surface area contributed by atoms with Gasteiger partial charge in [0, 0.05) is 11.1 Å². The van der Waals surface area contributed by atoms with Gasteiger partial charge in [-0.3, -0.25) is 4.89 Å². The number of carboxylic acids is 1. The van der Waals surface area contributed by atoms with Crippen molar-refractivity contribution in [2.24, 2.45) is 0 Å². The van der Waals surface area contributed by atoms with Crippen molar-refractivity contribution >= 4 is 11.9 Å². The molecule has 0 aromatic heterocycles. The monoisotopic (exact) mass is 264 g/mol. The fourth-order valence-corrected chi connectivity index (χ4v) is 0.633. The van der Waals surface area contributed by atoms with Crippen molar-refractivity contribution in [1.29, 1.82) is 0 Å². The van der Waals surface area contributed by atoms with E-state index in [0.29, 0.717) is 11.3 Å². The molecule has 0 heterocycles. The van der Waals surface area contributed by atoms with E-state index in [9.17, 15) is 9.59 Å². The van der Waals surface area contributed by atoms with Crippen molar-refractivity contribution in [2.45, 2.75) is 13.8 Å². The molecule has 0 radical (unpaired) electrons. The van der Waals surface area contributed by atoms with E-state index >= 15 is 0 Å². The molecule has 0 saturated carbocycles. The second-order valence-corrected chi connectivity index (χ2v) is 3.63. The molecule has 1 rings (SSSR count). The molecule has 1 aromatic rings. The van der Waals surface area contributed by atoms with Gasteiger partial charge in [-0.15, -0.1) is 0 Å². The van der Waals surface area contributed by atoms with Gasteiger partial charge in [-0.25, -0.2) is 14.5 Å². The summed E-state index contributed by atoms with van der Waals surface area (Å²) in [5.74, 6) is -1.02. The lowest BCUT2D eigenvalue weighted by Crippen LogP contribution is -2.07. The average molecular weight is 264 g/mol. The number of aliphatic carboxylic acids is 1. The summed E-state index contributed by atoms with van der Waals surface area (Å²) >= 11 is 0. The molecular weight excluding hydrogens is 248 g/mol. The minimum absolute atomic E-state index is 0.176. The summed E-state index contributed by atoms with van der Waals surface area (Å²) < 4.78 is 0. The zero-order valence-corrected chi connectivity index (χ0v) is 10.9. The van der Waals surface area contributed by atoms with Crippen molar-refractivity contribution < 1.29 is 24.5 Å². The molecule has 5 nitrogen and oxygen atoms in total. The molecular formula is C14H16O5. The number of para-hydroxylation sites is 1. The van der Waals surface area contributed by atoms with Crippen LogP contribution < -0.4 is 4.89 Å². The van der Waals surface area contributed by atoms with Gasteiger partial charge in [-0.2, -0.15) is 0 Å². The molecule has 0 spiro atoms. The summed E-state index contributed by atoms with van der Waals surface area (Å²) in [6.07, 6.45) is 0. The minimum Gasteiger partial charge on any atom is -0.478 e. The van der Waals surface area contributed by atoms with Crippen molar-refractivity contribution in [1.82, 2.24) is 0 Å². The van der Waals surface area contributed by atoms with Crippen molar-refractivity contribution in [3.63, 3.8) is 0 Å². The Morgan fingerprint density at radius 2 is 1.53 bits per heavy atom. The quantitative estimate of drug-likeness (QED) is 0.514. The van der Waals surface area contributed by atoms with E-state index in [2.05, 4.69) is 18.0 Å². The molecule has 0 fully saturated rings. The van der Waals surface area contributed by atoms with Crippen LogP contribution in [0, 0.1) is 0 Å². The molecule has 102 valence electrons. The SMILES string of the molecule is C=C(C)C(=O)O.C=C(C)C(=O)OOc1ccccc1. The first-order valence-corrected chi connectivity index (χ1v) is 5.32. The summed E-state index contributed by atoms with van der Waals surface area (Å²) in [7, 11) is 0. The maximum absolute atomic E-state index is 10.9. The maximum Gasteiger partial charge on any atom is 0.381 e. The number of carbonyl (C=O) groups excluding carboxylic acids is 1. The Hall–Kier alpha value is -2.56. The van der Waals surface area contributed by atoms with E-state index in [1.165, 1.54) is 6.92 Å². The Bertz CT molecular complexity index is 450. The van der Waals surface area contributed by atoms with Gasteiger partial charge in [0.1, 0.15) is 0 Å². The van der Waals surface area contributed by atoms with Gasteiger partial charge in [0.15, 0.2) is 5.75 Å². The van der Waals surface area contributed by atoms with Crippen LogP contribution in [0.3, 0.4) is 0 Å². The topological polar surface area (TPSA) is 72.8 Å². The lowest BCUT2D eigenvalue weighted by Gasteiger charge is -2.02. The first kappa shape index (κ1) is 16.4. The van der Waals surface area contributed by atoms with Crippen LogP contribution in [0.5, 0.6) is 5.75 Å². The van der Waals surface area contributed by atoms with Crippen LogP contribution in [0.1, 0.15) is 13.8 Å². The van der Waals surface area contributed by atoms with E-state index in [0.717, 1.165) is 0 Å². The largest absolute Gasteiger partial charge is 0.478 e. The highest BCUT2D eigenvalue weighted by Gasteiger charge is 2.04. The number of carboxylic acid groups (broad SMARTS) is 1. The highest BCUT2D eigenvalue weighted by atomic mass is 17.2. The van der Waals surface area contributed by atoms with Gasteiger partial charge < -0.3 is 5.11 Å². The average Bonchev–Trinajstić information content (AvgIpc) is 2.37. The molecule has 1 aromatic carbocycles. The molecule has 0 saturated heterocycles. The predicted molar refractivity (Wildman–Crippen MR) is 70.4 cm³/mol. The van der Waals surface area contributed by atoms with Crippen LogP contribution in [0.25, 0.3) is 0 Å². The Labute approximate surface area is 111 Å². The summed E-state index contributed by atoms with van der Waals surface area (Å²) in [6, 6.07) is 8.78. The molecule has 0 amide bonds. The third-order valence-corrected chi connectivity index (χ3v) is 1.67. The van der Waals surface area contributed by atoms with Gasteiger partial charge in [-0.05, 0) is 26.0 Å². The maximum atomic E-state index is 10.9. The highest BCUT2D eigenvalue weighted by molar-refractivity contribution is 5.86. The van der Waals surface area contributed by atoms with Gasteiger partial charge in [-0.1, -0.05) is 31.4 Å². The molecule has 0 atom stereocenters. The highest BCUT2D eigenvalue weighted by Crippen LogP contribution is 2.09. The molecule has 0 aliphatic heterocycles. The van der Waals surface area contributed by atoms with Gasteiger partial charge >= 0.3 is 11.9 Å². The fraction of sp³-hybridized carbons (Fsp3) is 0.143. The Balaban J connectivity index is 0.000000459. The summed E-state index contributed by atoms with van der Waals surface area (Å²) in [4.78, 5) is 29.6. The van der Waals surface area contributed by atoms with Crippen LogP contribution in [0.4, 0.5) is 0 Å². The fourth-order valence-electron chi connectivity index (χ4n) is 0.633. The van der Waals surface area contributed by atoms with Gasteiger partial charge in [0.05, 0.1) is 0 Å². The number of hydrogen-bond acceptors (Lipinski definition) is 4. The smallest absolute Gasteiger partial charge is 0.381 e. The van der Waals surface area contributed by atoms with E-state index in [1.54, 1.807) is 31.2 Å². The minimum atomic E-state index is -0.935.